The van der Waals surface area contributed by atoms with E-state index < -0.39 is 0 Å². The Morgan fingerprint density at radius 2 is 2.15 bits per heavy atom. The number of hydrogen-bond donors (Lipinski definition) is 2. The van der Waals surface area contributed by atoms with Gasteiger partial charge in [0, 0.05) is 24.1 Å². The molecule has 5 heteroatoms. The summed E-state index contributed by atoms with van der Waals surface area (Å²) in [5.41, 5.74) is 1.47. The van der Waals surface area contributed by atoms with Gasteiger partial charge in [0.1, 0.15) is 10.7 Å². The number of nitrogens with one attached hydrogen (secondary N) is 1. The van der Waals surface area contributed by atoms with Crippen LogP contribution in [0.4, 0.5) is 0 Å². The maximum atomic E-state index is 12.0. The standard InChI is InChI=1S/C15H18N2O2S/c1-11(7-8-18)9-16-14(19)13-10-20-15(17-13)12-5-3-2-4-6-12/h2-6,10-11,18H,7-9H2,1H3,(H,16,19). The lowest BCUT2D eigenvalue weighted by Crippen LogP contribution is -2.28. The van der Waals surface area contributed by atoms with Gasteiger partial charge in [-0.1, -0.05) is 37.3 Å². The van der Waals surface area contributed by atoms with Crippen molar-refractivity contribution in [1.82, 2.24) is 10.3 Å². The van der Waals surface area contributed by atoms with Crippen LogP contribution in [0.25, 0.3) is 10.6 Å². The number of nitrogens with zero attached hydrogens (tertiary/aromatic N) is 1. The third kappa shape index (κ3) is 3.88. The maximum Gasteiger partial charge on any atom is 0.270 e. The highest BCUT2D eigenvalue weighted by Crippen LogP contribution is 2.23. The number of hydrogen-bond acceptors (Lipinski definition) is 4. The van der Waals surface area contributed by atoms with Gasteiger partial charge in [-0.2, -0.15) is 0 Å². The van der Waals surface area contributed by atoms with Gasteiger partial charge < -0.3 is 10.4 Å². The summed E-state index contributed by atoms with van der Waals surface area (Å²) < 4.78 is 0. The van der Waals surface area contributed by atoms with Gasteiger partial charge in [-0.3, -0.25) is 4.79 Å². The summed E-state index contributed by atoms with van der Waals surface area (Å²) in [5, 5.41) is 14.3. The number of rotatable bonds is 6. The van der Waals surface area contributed by atoms with Crippen molar-refractivity contribution in [2.24, 2.45) is 5.92 Å². The molecule has 0 aliphatic rings. The molecule has 20 heavy (non-hydrogen) atoms. The molecule has 0 saturated carbocycles. The smallest absolute Gasteiger partial charge is 0.270 e. The van der Waals surface area contributed by atoms with Crippen molar-refractivity contribution in [2.45, 2.75) is 13.3 Å². The molecular weight excluding hydrogens is 272 g/mol. The number of aliphatic hydroxyl groups excluding tert-OH is 1. The van der Waals surface area contributed by atoms with E-state index in [1.54, 1.807) is 5.38 Å². The van der Waals surface area contributed by atoms with E-state index >= 15 is 0 Å². The minimum Gasteiger partial charge on any atom is -0.396 e. The Morgan fingerprint density at radius 3 is 2.85 bits per heavy atom. The third-order valence-corrected chi connectivity index (χ3v) is 3.88. The molecule has 1 heterocycles. The first kappa shape index (κ1) is 14.7. The van der Waals surface area contributed by atoms with E-state index in [-0.39, 0.29) is 18.4 Å². The molecule has 0 bridgehead atoms. The molecule has 0 spiro atoms. The summed E-state index contributed by atoms with van der Waals surface area (Å²) >= 11 is 1.46. The second kappa shape index (κ2) is 7.17. The fourth-order valence-electron chi connectivity index (χ4n) is 1.77. The molecule has 4 nitrogen and oxygen atoms in total. The minimum atomic E-state index is -0.159. The van der Waals surface area contributed by atoms with Crippen molar-refractivity contribution in [1.29, 1.82) is 0 Å². The van der Waals surface area contributed by atoms with Gasteiger partial charge in [0.15, 0.2) is 0 Å². The van der Waals surface area contributed by atoms with Crippen molar-refractivity contribution < 1.29 is 9.90 Å². The molecule has 0 saturated heterocycles. The van der Waals surface area contributed by atoms with Crippen LogP contribution in [0.1, 0.15) is 23.8 Å². The summed E-state index contributed by atoms with van der Waals surface area (Å²) in [5.74, 6) is 0.101. The lowest BCUT2D eigenvalue weighted by Gasteiger charge is -2.09. The second-order valence-corrected chi connectivity index (χ2v) is 5.59. The largest absolute Gasteiger partial charge is 0.396 e. The SMILES string of the molecule is CC(CCO)CNC(=O)c1csc(-c2ccccc2)n1. The van der Waals surface area contributed by atoms with Gasteiger partial charge in [-0.05, 0) is 12.3 Å². The lowest BCUT2D eigenvalue weighted by atomic mass is 10.1. The van der Waals surface area contributed by atoms with E-state index in [2.05, 4.69) is 10.3 Å². The maximum absolute atomic E-state index is 12.0. The third-order valence-electron chi connectivity index (χ3n) is 2.99. The number of aromatic nitrogens is 1. The highest BCUT2D eigenvalue weighted by molar-refractivity contribution is 7.13. The molecule has 2 rings (SSSR count). The first-order valence-corrected chi connectivity index (χ1v) is 7.48. The van der Waals surface area contributed by atoms with Gasteiger partial charge >= 0.3 is 0 Å². The summed E-state index contributed by atoms with van der Waals surface area (Å²) in [4.78, 5) is 16.3. The van der Waals surface area contributed by atoms with Gasteiger partial charge in [0.25, 0.3) is 5.91 Å². The van der Waals surface area contributed by atoms with Gasteiger partial charge in [-0.15, -0.1) is 11.3 Å². The van der Waals surface area contributed by atoms with Gasteiger partial charge in [0.05, 0.1) is 0 Å². The zero-order valence-electron chi connectivity index (χ0n) is 11.4. The summed E-state index contributed by atoms with van der Waals surface area (Å²) in [7, 11) is 0. The van der Waals surface area contributed by atoms with Crippen molar-refractivity contribution >= 4 is 17.2 Å². The predicted molar refractivity (Wildman–Crippen MR) is 80.8 cm³/mol. The molecule has 1 unspecified atom stereocenters. The number of amides is 1. The van der Waals surface area contributed by atoms with E-state index in [9.17, 15) is 4.79 Å². The Kier molecular flexibility index (Phi) is 5.26. The first-order valence-electron chi connectivity index (χ1n) is 6.60. The fraction of sp³-hybridized carbons (Fsp3) is 0.333. The fourth-order valence-corrected chi connectivity index (χ4v) is 2.58. The highest BCUT2D eigenvalue weighted by Gasteiger charge is 2.12. The molecule has 0 aliphatic carbocycles. The van der Waals surface area contributed by atoms with Crippen LogP contribution in [0.3, 0.4) is 0 Å². The monoisotopic (exact) mass is 290 g/mol. The average molecular weight is 290 g/mol. The van der Waals surface area contributed by atoms with Crippen molar-refractivity contribution in [3.63, 3.8) is 0 Å². The number of carbonyl (C=O) groups is 1. The zero-order valence-corrected chi connectivity index (χ0v) is 12.2. The molecule has 1 amide bonds. The Balaban J connectivity index is 1.97. The second-order valence-electron chi connectivity index (χ2n) is 4.73. The molecule has 106 valence electrons. The number of thiazole rings is 1. The summed E-state index contributed by atoms with van der Waals surface area (Å²) in [6, 6.07) is 9.81. The Bertz CT molecular complexity index is 554. The van der Waals surface area contributed by atoms with Crippen LogP contribution in [0, 0.1) is 5.92 Å². The van der Waals surface area contributed by atoms with Crippen LogP contribution in [-0.2, 0) is 0 Å². The Hall–Kier alpha value is -1.72. The minimum absolute atomic E-state index is 0.145. The molecule has 0 radical (unpaired) electrons. The van der Waals surface area contributed by atoms with Gasteiger partial charge in [-0.25, -0.2) is 4.98 Å². The Morgan fingerprint density at radius 1 is 1.40 bits per heavy atom. The first-order chi connectivity index (χ1) is 9.70. The normalized spacial score (nSPS) is 12.1. The van der Waals surface area contributed by atoms with E-state index in [4.69, 9.17) is 5.11 Å². The zero-order chi connectivity index (χ0) is 14.4. The Labute approximate surface area is 122 Å². The predicted octanol–water partition coefficient (Wildman–Crippen LogP) is 2.56. The van der Waals surface area contributed by atoms with Gasteiger partial charge in [0.2, 0.25) is 0 Å². The van der Waals surface area contributed by atoms with Crippen molar-refractivity contribution in [2.75, 3.05) is 13.2 Å². The van der Waals surface area contributed by atoms with E-state index in [1.165, 1.54) is 11.3 Å². The lowest BCUT2D eigenvalue weighted by molar-refractivity contribution is 0.0941. The number of carbonyl (C=O) groups excluding carboxylic acids is 1. The molecule has 1 aromatic heterocycles. The molecule has 1 atom stereocenters. The van der Waals surface area contributed by atoms with E-state index in [0.717, 1.165) is 10.6 Å². The molecule has 2 aromatic rings. The van der Waals surface area contributed by atoms with Crippen molar-refractivity contribution in [3.05, 3.63) is 41.4 Å². The molecular formula is C15H18N2O2S. The van der Waals surface area contributed by atoms with Crippen LogP contribution < -0.4 is 5.32 Å². The topological polar surface area (TPSA) is 62.2 Å². The van der Waals surface area contributed by atoms with Crippen LogP contribution in [0.5, 0.6) is 0 Å². The highest BCUT2D eigenvalue weighted by atomic mass is 32.1. The van der Waals surface area contributed by atoms with E-state index in [0.29, 0.717) is 18.7 Å². The van der Waals surface area contributed by atoms with E-state index in [1.807, 2.05) is 37.3 Å². The molecule has 0 fully saturated rings. The molecule has 2 N–H and O–H groups in total. The molecule has 1 aromatic carbocycles. The molecule has 0 aliphatic heterocycles. The van der Waals surface area contributed by atoms with Crippen LogP contribution >= 0.6 is 11.3 Å². The summed E-state index contributed by atoms with van der Waals surface area (Å²) in [6.45, 7) is 2.69. The number of aliphatic hydroxyl groups is 1. The van der Waals surface area contributed by atoms with Crippen LogP contribution in [0.15, 0.2) is 35.7 Å². The van der Waals surface area contributed by atoms with Crippen molar-refractivity contribution in [3.8, 4) is 10.6 Å². The quantitative estimate of drug-likeness (QED) is 0.859. The summed E-state index contributed by atoms with van der Waals surface area (Å²) in [6.07, 6.45) is 0.687. The number of benzene rings is 1. The average Bonchev–Trinajstić information content (AvgIpc) is 2.96. The van der Waals surface area contributed by atoms with Crippen LogP contribution in [-0.4, -0.2) is 29.1 Å². The van der Waals surface area contributed by atoms with Crippen LogP contribution in [0.2, 0.25) is 0 Å².